The molecular weight excluding hydrogens is 290 g/mol. The second kappa shape index (κ2) is 6.25. The molecule has 106 valence electrons. The standard InChI is InChI=1S/C15H12ClN3O2/c1-9-5-3-4-6-11(9)18-14-13(15(20)21-2)10(8-17)7-12(16)19-14/h3-7H,1-2H3,(H,18,19). The Morgan fingerprint density at radius 3 is 2.76 bits per heavy atom. The number of hydrogen-bond donors (Lipinski definition) is 1. The topological polar surface area (TPSA) is 75.0 Å². The molecule has 1 aromatic carbocycles. The van der Waals surface area contributed by atoms with E-state index in [0.717, 1.165) is 11.3 Å². The monoisotopic (exact) mass is 301 g/mol. The van der Waals surface area contributed by atoms with Gasteiger partial charge in [-0.1, -0.05) is 29.8 Å². The Bertz CT molecular complexity index is 738. The number of benzene rings is 1. The van der Waals surface area contributed by atoms with Crippen LogP contribution in [0.4, 0.5) is 11.5 Å². The van der Waals surface area contributed by atoms with Gasteiger partial charge >= 0.3 is 5.97 Å². The Balaban J connectivity index is 2.57. The summed E-state index contributed by atoms with van der Waals surface area (Å²) in [7, 11) is 1.25. The van der Waals surface area contributed by atoms with Gasteiger partial charge in [0.05, 0.1) is 12.7 Å². The predicted molar refractivity (Wildman–Crippen MR) is 79.8 cm³/mol. The number of anilines is 2. The molecule has 0 bridgehead atoms. The third kappa shape index (κ3) is 3.12. The lowest BCUT2D eigenvalue weighted by Gasteiger charge is -2.13. The van der Waals surface area contributed by atoms with E-state index in [2.05, 4.69) is 10.3 Å². The quantitative estimate of drug-likeness (QED) is 0.694. The van der Waals surface area contributed by atoms with Crippen LogP contribution >= 0.6 is 11.6 Å². The smallest absolute Gasteiger partial charge is 0.343 e. The number of halogens is 1. The van der Waals surface area contributed by atoms with Crippen molar-refractivity contribution in [3.8, 4) is 6.07 Å². The van der Waals surface area contributed by atoms with E-state index in [1.54, 1.807) is 0 Å². The lowest BCUT2D eigenvalue weighted by molar-refractivity contribution is 0.0601. The van der Waals surface area contributed by atoms with Gasteiger partial charge in [0.25, 0.3) is 0 Å². The Morgan fingerprint density at radius 2 is 2.14 bits per heavy atom. The van der Waals surface area contributed by atoms with Gasteiger partial charge in [-0.05, 0) is 24.6 Å². The number of carbonyl (C=O) groups is 1. The zero-order chi connectivity index (χ0) is 15.4. The maximum atomic E-state index is 11.9. The summed E-state index contributed by atoms with van der Waals surface area (Å²) in [5.41, 5.74) is 1.90. The molecule has 0 spiro atoms. The van der Waals surface area contributed by atoms with Gasteiger partial charge in [-0.15, -0.1) is 0 Å². The number of hydrogen-bond acceptors (Lipinski definition) is 5. The molecule has 1 aromatic heterocycles. The van der Waals surface area contributed by atoms with Crippen molar-refractivity contribution in [2.24, 2.45) is 0 Å². The fraction of sp³-hybridized carbons (Fsp3) is 0.133. The highest BCUT2D eigenvalue weighted by Crippen LogP contribution is 2.26. The highest BCUT2D eigenvalue weighted by Gasteiger charge is 2.20. The number of ether oxygens (including phenoxy) is 1. The first-order chi connectivity index (χ1) is 10.1. The summed E-state index contributed by atoms with van der Waals surface area (Å²) >= 11 is 5.90. The number of carbonyl (C=O) groups excluding carboxylic acids is 1. The second-order valence-electron chi connectivity index (χ2n) is 4.26. The number of aryl methyl sites for hydroxylation is 1. The van der Waals surface area contributed by atoms with E-state index in [1.807, 2.05) is 37.3 Å². The van der Waals surface area contributed by atoms with Crippen LogP contribution in [0.15, 0.2) is 30.3 Å². The second-order valence-corrected chi connectivity index (χ2v) is 4.65. The van der Waals surface area contributed by atoms with Crippen molar-refractivity contribution in [1.29, 1.82) is 5.26 Å². The van der Waals surface area contributed by atoms with Crippen molar-refractivity contribution in [2.75, 3.05) is 12.4 Å². The summed E-state index contributed by atoms with van der Waals surface area (Å²) in [4.78, 5) is 16.0. The molecule has 0 atom stereocenters. The molecule has 0 amide bonds. The molecular formula is C15H12ClN3O2. The minimum atomic E-state index is -0.646. The normalized spacial score (nSPS) is 9.81. The first-order valence-corrected chi connectivity index (χ1v) is 6.46. The Hall–Kier alpha value is -2.58. The van der Waals surface area contributed by atoms with Gasteiger partial charge in [0.2, 0.25) is 0 Å². The van der Waals surface area contributed by atoms with E-state index in [-0.39, 0.29) is 22.1 Å². The van der Waals surface area contributed by atoms with Crippen molar-refractivity contribution in [3.05, 3.63) is 52.2 Å². The van der Waals surface area contributed by atoms with E-state index >= 15 is 0 Å². The van der Waals surface area contributed by atoms with Crippen molar-refractivity contribution in [2.45, 2.75) is 6.92 Å². The SMILES string of the molecule is COC(=O)c1c(C#N)cc(Cl)nc1Nc1ccccc1C. The van der Waals surface area contributed by atoms with Gasteiger partial charge in [-0.3, -0.25) is 0 Å². The summed E-state index contributed by atoms with van der Waals surface area (Å²) in [5.74, 6) is -0.452. The Kier molecular flexibility index (Phi) is 4.41. The first-order valence-electron chi connectivity index (χ1n) is 6.08. The maximum Gasteiger partial charge on any atom is 0.343 e. The molecule has 2 aromatic rings. The molecule has 0 aliphatic carbocycles. The number of rotatable bonds is 3. The fourth-order valence-electron chi connectivity index (χ4n) is 1.84. The zero-order valence-corrected chi connectivity index (χ0v) is 12.2. The summed E-state index contributed by atoms with van der Waals surface area (Å²) in [6.45, 7) is 1.91. The molecule has 1 N–H and O–H groups in total. The predicted octanol–water partition coefficient (Wildman–Crippen LogP) is 3.45. The minimum Gasteiger partial charge on any atom is -0.465 e. The number of esters is 1. The maximum absolute atomic E-state index is 11.9. The van der Waals surface area contributed by atoms with Crippen LogP contribution in [0.25, 0.3) is 0 Å². The third-order valence-electron chi connectivity index (χ3n) is 2.90. The van der Waals surface area contributed by atoms with E-state index in [9.17, 15) is 4.79 Å². The van der Waals surface area contributed by atoms with E-state index in [0.29, 0.717) is 0 Å². The molecule has 1 heterocycles. The highest BCUT2D eigenvalue weighted by atomic mass is 35.5. The Labute approximate surface area is 127 Å². The van der Waals surface area contributed by atoms with E-state index in [1.165, 1.54) is 13.2 Å². The van der Waals surface area contributed by atoms with Gasteiger partial charge in [0.1, 0.15) is 22.6 Å². The van der Waals surface area contributed by atoms with Crippen molar-refractivity contribution < 1.29 is 9.53 Å². The molecule has 21 heavy (non-hydrogen) atoms. The zero-order valence-electron chi connectivity index (χ0n) is 11.5. The molecule has 0 aliphatic heterocycles. The lowest BCUT2D eigenvalue weighted by atomic mass is 10.1. The molecule has 6 heteroatoms. The van der Waals surface area contributed by atoms with Crippen molar-refractivity contribution in [1.82, 2.24) is 4.98 Å². The molecule has 2 rings (SSSR count). The first kappa shape index (κ1) is 14.8. The highest BCUT2D eigenvalue weighted by molar-refractivity contribution is 6.29. The number of nitrogens with zero attached hydrogens (tertiary/aromatic N) is 2. The molecule has 0 saturated carbocycles. The van der Waals surface area contributed by atoms with Crippen LogP contribution in [0.1, 0.15) is 21.5 Å². The van der Waals surface area contributed by atoms with Gasteiger partial charge in [-0.2, -0.15) is 5.26 Å². The van der Waals surface area contributed by atoms with Crippen LogP contribution < -0.4 is 5.32 Å². The third-order valence-corrected chi connectivity index (χ3v) is 3.09. The Morgan fingerprint density at radius 1 is 1.43 bits per heavy atom. The molecule has 0 fully saturated rings. The number of methoxy groups -OCH3 is 1. The largest absolute Gasteiger partial charge is 0.465 e. The summed E-state index contributed by atoms with van der Waals surface area (Å²) in [6.07, 6.45) is 0. The van der Waals surface area contributed by atoms with Crippen LogP contribution in [0.3, 0.4) is 0 Å². The van der Waals surface area contributed by atoms with Crippen molar-refractivity contribution >= 4 is 29.1 Å². The molecule has 0 unspecified atom stereocenters. The fourth-order valence-corrected chi connectivity index (χ4v) is 2.04. The van der Waals surface area contributed by atoms with Gasteiger partial charge < -0.3 is 10.1 Å². The number of aromatic nitrogens is 1. The van der Waals surface area contributed by atoms with E-state index < -0.39 is 5.97 Å². The number of nitrogens with one attached hydrogen (secondary N) is 1. The molecule has 0 saturated heterocycles. The number of nitriles is 1. The van der Waals surface area contributed by atoms with Crippen LogP contribution in [-0.2, 0) is 4.74 Å². The van der Waals surface area contributed by atoms with Crippen LogP contribution in [0.2, 0.25) is 5.15 Å². The van der Waals surface area contributed by atoms with Crippen LogP contribution in [0.5, 0.6) is 0 Å². The summed E-state index contributed by atoms with van der Waals surface area (Å²) in [5, 5.41) is 12.3. The van der Waals surface area contributed by atoms with Gasteiger partial charge in [0.15, 0.2) is 0 Å². The van der Waals surface area contributed by atoms with Crippen LogP contribution in [-0.4, -0.2) is 18.1 Å². The molecule has 5 nitrogen and oxygen atoms in total. The average molecular weight is 302 g/mol. The average Bonchev–Trinajstić information content (AvgIpc) is 2.48. The molecule has 0 radical (unpaired) electrons. The van der Waals surface area contributed by atoms with Gasteiger partial charge in [0, 0.05) is 5.69 Å². The summed E-state index contributed by atoms with van der Waals surface area (Å²) < 4.78 is 4.71. The van der Waals surface area contributed by atoms with Gasteiger partial charge in [-0.25, -0.2) is 9.78 Å². The number of pyridine rings is 1. The van der Waals surface area contributed by atoms with E-state index in [4.69, 9.17) is 21.6 Å². The van der Waals surface area contributed by atoms with Crippen molar-refractivity contribution in [3.63, 3.8) is 0 Å². The van der Waals surface area contributed by atoms with Crippen LogP contribution in [0, 0.1) is 18.3 Å². The lowest BCUT2D eigenvalue weighted by Crippen LogP contribution is -2.10. The number of para-hydroxylation sites is 1. The summed E-state index contributed by atoms with van der Waals surface area (Å²) in [6, 6.07) is 10.8. The minimum absolute atomic E-state index is 0.0626. The molecule has 0 aliphatic rings.